The van der Waals surface area contributed by atoms with Gasteiger partial charge in [-0.25, -0.2) is 4.79 Å². The van der Waals surface area contributed by atoms with E-state index < -0.39 is 23.8 Å². The average molecular weight is 502 g/mol. The summed E-state index contributed by atoms with van der Waals surface area (Å²) in [7, 11) is 0. The Hall–Kier alpha value is -1.64. The molecule has 4 nitrogen and oxygen atoms in total. The maximum absolute atomic E-state index is 12.8. The van der Waals surface area contributed by atoms with Crippen molar-refractivity contribution in [1.29, 1.82) is 0 Å². The van der Waals surface area contributed by atoms with Crippen molar-refractivity contribution in [1.82, 2.24) is 0 Å². The Morgan fingerprint density at radius 2 is 1.79 bits per heavy atom. The molecule has 1 unspecified atom stereocenters. The summed E-state index contributed by atoms with van der Waals surface area (Å²) in [6.07, 6.45) is -5.47. The molecule has 2 aromatic carbocycles. The van der Waals surface area contributed by atoms with E-state index in [1.165, 1.54) is 19.1 Å². The fourth-order valence-corrected chi connectivity index (χ4v) is 2.98. The molecule has 0 aliphatic carbocycles. The molecule has 2 rings (SSSR count). The second kappa shape index (κ2) is 9.24. The summed E-state index contributed by atoms with van der Waals surface area (Å²) in [4.78, 5) is 11.7. The minimum Gasteiger partial charge on any atom is -0.478 e. The third-order valence-corrected chi connectivity index (χ3v) is 4.59. The molecule has 0 spiro atoms. The largest absolute Gasteiger partial charge is 0.478 e. The van der Waals surface area contributed by atoms with Crippen molar-refractivity contribution in [3.05, 3.63) is 50.4 Å². The van der Waals surface area contributed by atoms with Crippen molar-refractivity contribution in [3.63, 3.8) is 0 Å². The van der Waals surface area contributed by atoms with E-state index in [1.807, 2.05) is 0 Å². The highest BCUT2D eigenvalue weighted by molar-refractivity contribution is 9.10. The maximum Gasteiger partial charge on any atom is 0.416 e. The van der Waals surface area contributed by atoms with Crippen molar-refractivity contribution in [2.24, 2.45) is 0 Å². The molecule has 0 bridgehead atoms. The molecule has 1 atom stereocenters. The monoisotopic (exact) mass is 500 g/mol. The molecule has 0 aromatic heterocycles. The Kier molecular flexibility index (Phi) is 7.47. The van der Waals surface area contributed by atoms with E-state index in [1.54, 1.807) is 13.0 Å². The van der Waals surface area contributed by atoms with Gasteiger partial charge in [-0.2, -0.15) is 13.2 Å². The summed E-state index contributed by atoms with van der Waals surface area (Å²) < 4.78 is 55.0. The predicted molar refractivity (Wildman–Crippen MR) is 102 cm³/mol. The van der Waals surface area contributed by atoms with Crippen LogP contribution < -0.4 is 9.47 Å². The van der Waals surface area contributed by atoms with Gasteiger partial charge in [0.2, 0.25) is 0 Å². The third-order valence-electron chi connectivity index (χ3n) is 3.37. The summed E-state index contributed by atoms with van der Waals surface area (Å²) in [6, 6.07) is 5.98. The lowest BCUT2D eigenvalue weighted by atomic mass is 10.2. The Labute approximate surface area is 177 Å². The lowest BCUT2D eigenvalue weighted by Crippen LogP contribution is -2.26. The predicted octanol–water partition coefficient (Wildman–Crippen LogP) is 6.90. The first kappa shape index (κ1) is 22.6. The summed E-state index contributed by atoms with van der Waals surface area (Å²) in [5.74, 6) is -0.229. The van der Waals surface area contributed by atoms with Gasteiger partial charge in [0, 0.05) is 6.07 Å². The molecule has 0 amide bonds. The van der Waals surface area contributed by atoms with Gasteiger partial charge < -0.3 is 14.2 Å². The number of rotatable bonds is 6. The second-order valence-electron chi connectivity index (χ2n) is 5.47. The maximum atomic E-state index is 12.8. The van der Waals surface area contributed by atoms with Gasteiger partial charge in [-0.15, -0.1) is 0 Å². The van der Waals surface area contributed by atoms with Crippen molar-refractivity contribution < 1.29 is 32.2 Å². The lowest BCUT2D eigenvalue weighted by molar-refractivity contribution is -0.150. The first-order valence-corrected chi connectivity index (χ1v) is 9.44. The molecule has 0 fully saturated rings. The van der Waals surface area contributed by atoms with Gasteiger partial charge in [0.1, 0.15) is 11.5 Å². The van der Waals surface area contributed by atoms with Crippen LogP contribution in [0.1, 0.15) is 19.4 Å². The number of ether oxygens (including phenoxy) is 3. The van der Waals surface area contributed by atoms with Gasteiger partial charge in [-0.1, -0.05) is 23.2 Å². The zero-order chi connectivity index (χ0) is 21.1. The van der Waals surface area contributed by atoms with Gasteiger partial charge in [0.05, 0.1) is 26.7 Å². The van der Waals surface area contributed by atoms with E-state index in [-0.39, 0.29) is 33.9 Å². The van der Waals surface area contributed by atoms with E-state index in [9.17, 15) is 18.0 Å². The topological polar surface area (TPSA) is 44.8 Å². The number of alkyl halides is 3. The molecule has 0 radical (unpaired) electrons. The summed E-state index contributed by atoms with van der Waals surface area (Å²) in [5, 5.41) is -0.602. The second-order valence-corrected chi connectivity index (χ2v) is 7.14. The molecule has 0 aliphatic rings. The van der Waals surface area contributed by atoms with E-state index in [4.69, 9.17) is 37.4 Å². The smallest absolute Gasteiger partial charge is 0.416 e. The fraction of sp³-hybridized carbons (Fsp3) is 0.278. The summed E-state index contributed by atoms with van der Waals surface area (Å²) >= 11 is 15.1. The molecule has 0 saturated carbocycles. The van der Waals surface area contributed by atoms with E-state index in [2.05, 4.69) is 15.9 Å². The molecule has 2 aromatic rings. The molecular weight excluding hydrogens is 488 g/mol. The van der Waals surface area contributed by atoms with Gasteiger partial charge in [-0.3, -0.25) is 0 Å². The number of carbonyl (C=O) groups excluding carboxylic acids is 1. The van der Waals surface area contributed by atoms with Crippen LogP contribution in [0.25, 0.3) is 0 Å². The molecule has 10 heteroatoms. The van der Waals surface area contributed by atoms with Crippen LogP contribution in [0.3, 0.4) is 0 Å². The number of carbonyl (C=O) groups is 1. The van der Waals surface area contributed by atoms with Crippen LogP contribution in [-0.4, -0.2) is 18.7 Å². The highest BCUT2D eigenvalue weighted by Crippen LogP contribution is 2.42. The average Bonchev–Trinajstić information content (AvgIpc) is 2.59. The zero-order valence-corrected chi connectivity index (χ0v) is 17.7. The molecule has 0 saturated heterocycles. The van der Waals surface area contributed by atoms with Crippen LogP contribution in [0.4, 0.5) is 13.2 Å². The van der Waals surface area contributed by atoms with Crippen LogP contribution in [0.5, 0.6) is 17.2 Å². The highest BCUT2D eigenvalue weighted by Gasteiger charge is 2.32. The highest BCUT2D eigenvalue weighted by atomic mass is 79.9. The molecule has 28 heavy (non-hydrogen) atoms. The lowest BCUT2D eigenvalue weighted by Gasteiger charge is -2.16. The van der Waals surface area contributed by atoms with Crippen molar-refractivity contribution in [2.75, 3.05) is 6.61 Å². The van der Waals surface area contributed by atoms with Crippen LogP contribution in [0.15, 0.2) is 34.8 Å². The number of esters is 1. The normalized spacial score (nSPS) is 12.4. The first-order valence-electron chi connectivity index (χ1n) is 7.89. The first-order chi connectivity index (χ1) is 13.0. The molecular formula is C18H14BrCl2F3O4. The SMILES string of the molecule is CCOC(=O)C(C)Oc1cc(Oc2c(Cl)cc(C(F)(F)F)cc2Cl)ccc1Br. The van der Waals surface area contributed by atoms with Gasteiger partial charge >= 0.3 is 12.1 Å². The fourth-order valence-electron chi connectivity index (χ4n) is 2.07. The van der Waals surface area contributed by atoms with E-state index in [0.29, 0.717) is 4.47 Å². The Morgan fingerprint density at radius 3 is 2.32 bits per heavy atom. The minimum atomic E-state index is -4.59. The van der Waals surface area contributed by atoms with Gasteiger partial charge in [0.25, 0.3) is 0 Å². The van der Waals surface area contributed by atoms with E-state index >= 15 is 0 Å². The van der Waals surface area contributed by atoms with Crippen LogP contribution in [-0.2, 0) is 15.7 Å². The molecule has 0 aliphatic heterocycles. The zero-order valence-electron chi connectivity index (χ0n) is 14.6. The summed E-state index contributed by atoms with van der Waals surface area (Å²) in [5.41, 5.74) is -0.988. The standard InChI is InChI=1S/C18H14BrCl2F3O4/c1-3-26-17(25)9(2)27-15-8-11(4-5-12(15)19)28-16-13(20)6-10(7-14(16)21)18(22,23)24/h4-9H,3H2,1-2H3. The molecule has 152 valence electrons. The Balaban J connectivity index is 2.27. The van der Waals surface area contributed by atoms with Crippen LogP contribution in [0, 0.1) is 0 Å². The van der Waals surface area contributed by atoms with Crippen molar-refractivity contribution in [3.8, 4) is 17.2 Å². The number of hydrogen-bond donors (Lipinski definition) is 0. The van der Waals surface area contributed by atoms with Crippen LogP contribution >= 0.6 is 39.1 Å². The van der Waals surface area contributed by atoms with Gasteiger partial charge in [0.15, 0.2) is 11.9 Å². The Morgan fingerprint density at radius 1 is 1.18 bits per heavy atom. The molecule has 0 N–H and O–H groups in total. The number of hydrogen-bond acceptors (Lipinski definition) is 4. The quantitative estimate of drug-likeness (QED) is 0.404. The summed E-state index contributed by atoms with van der Waals surface area (Å²) in [6.45, 7) is 3.40. The van der Waals surface area contributed by atoms with Gasteiger partial charge in [-0.05, 0) is 54.0 Å². The van der Waals surface area contributed by atoms with Crippen LogP contribution in [0.2, 0.25) is 10.0 Å². The van der Waals surface area contributed by atoms with Crippen molar-refractivity contribution >= 4 is 45.1 Å². The number of benzene rings is 2. The molecule has 0 heterocycles. The number of halogens is 6. The third kappa shape index (κ3) is 5.68. The van der Waals surface area contributed by atoms with E-state index in [0.717, 1.165) is 12.1 Å². The minimum absolute atomic E-state index is 0.136. The van der Waals surface area contributed by atoms with Crippen molar-refractivity contribution in [2.45, 2.75) is 26.1 Å². The Bertz CT molecular complexity index is 851.